The number of benzene rings is 2. The van der Waals surface area contributed by atoms with Crippen LogP contribution in [-0.4, -0.2) is 18.4 Å². The molecule has 0 aromatic heterocycles. The van der Waals surface area contributed by atoms with Crippen LogP contribution in [0, 0.1) is 6.92 Å². The number of nitrogens with zero attached hydrogens (tertiary/aromatic N) is 1. The van der Waals surface area contributed by atoms with E-state index < -0.39 is 5.72 Å². The molecular formula is C20H22N2O3. The molecule has 2 aliphatic heterocycles. The Morgan fingerprint density at radius 1 is 1.28 bits per heavy atom. The molecule has 2 aliphatic rings. The number of para-hydroxylation sites is 1. The van der Waals surface area contributed by atoms with E-state index in [-0.39, 0.29) is 12.1 Å². The molecule has 5 heteroatoms. The molecule has 0 saturated carbocycles. The molecule has 5 nitrogen and oxygen atoms in total. The largest absolute Gasteiger partial charge is 0.490 e. The number of hydrogen-bond donors (Lipinski definition) is 1. The zero-order valence-corrected chi connectivity index (χ0v) is 14.7. The summed E-state index contributed by atoms with van der Waals surface area (Å²) < 4.78 is 12.1. The van der Waals surface area contributed by atoms with Gasteiger partial charge in [-0.2, -0.15) is 0 Å². The first-order valence-corrected chi connectivity index (χ1v) is 8.64. The van der Waals surface area contributed by atoms with E-state index in [1.807, 2.05) is 63.2 Å². The summed E-state index contributed by atoms with van der Waals surface area (Å²) in [5, 5.41) is 3.11. The summed E-state index contributed by atoms with van der Waals surface area (Å²) in [7, 11) is 0. The van der Waals surface area contributed by atoms with Crippen LogP contribution >= 0.6 is 0 Å². The molecule has 0 spiro atoms. The summed E-state index contributed by atoms with van der Waals surface area (Å²) in [5.41, 5.74) is 2.18. The van der Waals surface area contributed by atoms with Gasteiger partial charge in [0.25, 0.3) is 0 Å². The first-order valence-electron chi connectivity index (χ1n) is 8.64. The molecule has 0 radical (unpaired) electrons. The van der Waals surface area contributed by atoms with Gasteiger partial charge in [0.2, 0.25) is 0 Å². The summed E-state index contributed by atoms with van der Waals surface area (Å²) in [5.74, 6) is 1.44. The predicted octanol–water partition coefficient (Wildman–Crippen LogP) is 4.16. The Hall–Kier alpha value is -2.69. The van der Waals surface area contributed by atoms with Gasteiger partial charge in [-0.15, -0.1) is 0 Å². The number of fused-ring (bicyclic) bond motifs is 4. The fraction of sp³-hybridized carbons (Fsp3) is 0.350. The summed E-state index contributed by atoms with van der Waals surface area (Å²) in [6, 6.07) is 13.5. The topological polar surface area (TPSA) is 50.8 Å². The number of aryl methyl sites for hydroxylation is 1. The fourth-order valence-corrected chi connectivity index (χ4v) is 3.71. The van der Waals surface area contributed by atoms with E-state index in [1.165, 1.54) is 0 Å². The second-order valence-electron chi connectivity index (χ2n) is 6.76. The van der Waals surface area contributed by atoms with Crippen molar-refractivity contribution in [2.45, 2.75) is 39.0 Å². The molecule has 2 aromatic carbocycles. The SMILES string of the molecule is CCOc1cccc2c1OC1(C)CC2NC(=O)N1c1ccc(C)cc1. The van der Waals surface area contributed by atoms with Crippen molar-refractivity contribution in [1.82, 2.24) is 5.32 Å². The predicted molar refractivity (Wildman–Crippen MR) is 96.2 cm³/mol. The van der Waals surface area contributed by atoms with E-state index in [9.17, 15) is 4.79 Å². The molecule has 2 heterocycles. The maximum Gasteiger partial charge on any atom is 0.325 e. The van der Waals surface area contributed by atoms with Crippen LogP contribution in [0.1, 0.15) is 37.4 Å². The van der Waals surface area contributed by atoms with Crippen molar-refractivity contribution < 1.29 is 14.3 Å². The van der Waals surface area contributed by atoms with E-state index in [4.69, 9.17) is 9.47 Å². The highest BCUT2D eigenvalue weighted by Crippen LogP contribution is 2.49. The van der Waals surface area contributed by atoms with Gasteiger partial charge < -0.3 is 14.8 Å². The molecule has 2 bridgehead atoms. The number of anilines is 1. The third-order valence-corrected chi connectivity index (χ3v) is 4.86. The van der Waals surface area contributed by atoms with Crippen LogP contribution in [-0.2, 0) is 0 Å². The first kappa shape index (κ1) is 15.8. The average Bonchev–Trinajstić information content (AvgIpc) is 2.57. The minimum atomic E-state index is -0.761. The molecule has 0 aliphatic carbocycles. The van der Waals surface area contributed by atoms with Gasteiger partial charge >= 0.3 is 6.03 Å². The second kappa shape index (κ2) is 5.69. The maximum atomic E-state index is 12.8. The summed E-state index contributed by atoms with van der Waals surface area (Å²) >= 11 is 0. The van der Waals surface area contributed by atoms with Gasteiger partial charge in [-0.1, -0.05) is 29.8 Å². The van der Waals surface area contributed by atoms with Crippen molar-refractivity contribution in [3.05, 3.63) is 53.6 Å². The van der Waals surface area contributed by atoms with Crippen LogP contribution < -0.4 is 19.7 Å². The van der Waals surface area contributed by atoms with Crippen molar-refractivity contribution in [1.29, 1.82) is 0 Å². The molecule has 4 rings (SSSR count). The average molecular weight is 338 g/mol. The molecule has 1 fully saturated rings. The highest BCUT2D eigenvalue weighted by molar-refractivity contribution is 5.95. The van der Waals surface area contributed by atoms with Gasteiger partial charge in [0.15, 0.2) is 17.2 Å². The maximum absolute atomic E-state index is 12.8. The number of hydrogen-bond acceptors (Lipinski definition) is 3. The van der Waals surface area contributed by atoms with Crippen molar-refractivity contribution >= 4 is 11.7 Å². The molecule has 1 N–H and O–H groups in total. The van der Waals surface area contributed by atoms with Gasteiger partial charge in [-0.3, -0.25) is 4.90 Å². The molecule has 2 atom stereocenters. The lowest BCUT2D eigenvalue weighted by Gasteiger charge is -2.50. The van der Waals surface area contributed by atoms with Crippen LogP contribution in [0.5, 0.6) is 11.5 Å². The van der Waals surface area contributed by atoms with E-state index in [0.717, 1.165) is 28.3 Å². The first-order chi connectivity index (χ1) is 12.0. The monoisotopic (exact) mass is 338 g/mol. The molecular weight excluding hydrogens is 316 g/mol. The van der Waals surface area contributed by atoms with Crippen LogP contribution in [0.4, 0.5) is 10.5 Å². The molecule has 2 unspecified atom stereocenters. The number of amides is 2. The van der Waals surface area contributed by atoms with Crippen molar-refractivity contribution in [2.24, 2.45) is 0 Å². The van der Waals surface area contributed by atoms with Crippen LogP contribution in [0.2, 0.25) is 0 Å². The van der Waals surface area contributed by atoms with E-state index >= 15 is 0 Å². The Balaban J connectivity index is 1.79. The molecule has 1 saturated heterocycles. The molecule has 2 amide bonds. The van der Waals surface area contributed by atoms with Crippen molar-refractivity contribution in [3.8, 4) is 11.5 Å². The summed E-state index contributed by atoms with van der Waals surface area (Å²) in [4.78, 5) is 14.5. The lowest BCUT2D eigenvalue weighted by atomic mass is 9.90. The van der Waals surface area contributed by atoms with Crippen LogP contribution in [0.15, 0.2) is 42.5 Å². The van der Waals surface area contributed by atoms with Gasteiger partial charge in [-0.05, 0) is 39.0 Å². The highest BCUT2D eigenvalue weighted by atomic mass is 16.5. The van der Waals surface area contributed by atoms with E-state index in [0.29, 0.717) is 13.0 Å². The standard InChI is InChI=1S/C20H22N2O3/c1-4-24-17-7-5-6-15-16-12-20(3,25-18(15)17)22(19(23)21-16)14-10-8-13(2)9-11-14/h5-11,16H,4,12H2,1-3H3,(H,21,23). The third-order valence-electron chi connectivity index (χ3n) is 4.86. The Morgan fingerprint density at radius 2 is 2.04 bits per heavy atom. The van der Waals surface area contributed by atoms with Gasteiger partial charge in [0, 0.05) is 17.7 Å². The highest BCUT2D eigenvalue weighted by Gasteiger charge is 2.50. The number of rotatable bonds is 3. The lowest BCUT2D eigenvalue weighted by molar-refractivity contribution is 0.0343. The molecule has 130 valence electrons. The van der Waals surface area contributed by atoms with E-state index in [1.54, 1.807) is 4.90 Å². The number of nitrogens with one attached hydrogen (secondary N) is 1. The Bertz CT molecular complexity index is 818. The van der Waals surface area contributed by atoms with Crippen LogP contribution in [0.25, 0.3) is 0 Å². The Labute approximate surface area is 147 Å². The van der Waals surface area contributed by atoms with Crippen LogP contribution in [0.3, 0.4) is 0 Å². The lowest BCUT2D eigenvalue weighted by Crippen LogP contribution is -2.65. The zero-order chi connectivity index (χ0) is 17.6. The number of carbonyl (C=O) groups is 1. The summed E-state index contributed by atoms with van der Waals surface area (Å²) in [6.45, 7) is 6.50. The third kappa shape index (κ3) is 2.51. The Kier molecular flexibility index (Phi) is 3.60. The molecule has 25 heavy (non-hydrogen) atoms. The molecule has 2 aromatic rings. The summed E-state index contributed by atoms with van der Waals surface area (Å²) in [6.07, 6.45) is 0.676. The second-order valence-corrected chi connectivity index (χ2v) is 6.76. The number of urea groups is 1. The minimum Gasteiger partial charge on any atom is -0.490 e. The smallest absolute Gasteiger partial charge is 0.325 e. The van der Waals surface area contributed by atoms with E-state index in [2.05, 4.69) is 5.32 Å². The van der Waals surface area contributed by atoms with Gasteiger partial charge in [-0.25, -0.2) is 4.79 Å². The van der Waals surface area contributed by atoms with Crippen molar-refractivity contribution in [2.75, 3.05) is 11.5 Å². The number of carbonyl (C=O) groups excluding carboxylic acids is 1. The van der Waals surface area contributed by atoms with Crippen molar-refractivity contribution in [3.63, 3.8) is 0 Å². The van der Waals surface area contributed by atoms with Gasteiger partial charge in [0.05, 0.1) is 12.6 Å². The Morgan fingerprint density at radius 3 is 2.76 bits per heavy atom. The quantitative estimate of drug-likeness (QED) is 0.914. The zero-order valence-electron chi connectivity index (χ0n) is 14.7. The van der Waals surface area contributed by atoms with Gasteiger partial charge in [0.1, 0.15) is 0 Å². The fourth-order valence-electron chi connectivity index (χ4n) is 3.71. The minimum absolute atomic E-state index is 0.0802. The number of ether oxygens (including phenoxy) is 2. The normalized spacial score (nSPS) is 24.2.